The molecule has 0 saturated heterocycles. The number of benzene rings is 1. The van der Waals surface area contributed by atoms with E-state index in [0.29, 0.717) is 0 Å². The number of halogens is 1. The summed E-state index contributed by atoms with van der Waals surface area (Å²) in [5.41, 5.74) is 0. The third kappa shape index (κ3) is 4.88. The van der Waals surface area contributed by atoms with Crippen molar-refractivity contribution in [2.75, 3.05) is 12.3 Å². The molecule has 20 heavy (non-hydrogen) atoms. The van der Waals surface area contributed by atoms with Gasteiger partial charge >= 0.3 is 5.97 Å². The molecular weight excluding hydrogens is 346 g/mol. The fraction of sp³-hybridized carbons (Fsp3) is 0.462. The van der Waals surface area contributed by atoms with E-state index in [1.165, 1.54) is 12.1 Å². The number of nitrogens with one attached hydrogen (secondary N) is 1. The molecule has 1 unspecified atom stereocenters. The van der Waals surface area contributed by atoms with Gasteiger partial charge in [0, 0.05) is 11.0 Å². The molecule has 0 aliphatic heterocycles. The molecule has 0 aliphatic rings. The zero-order valence-electron chi connectivity index (χ0n) is 11.3. The normalized spacial score (nSPS) is 13.4. The van der Waals surface area contributed by atoms with Gasteiger partial charge in [0.2, 0.25) is 0 Å². The average Bonchev–Trinajstić information content (AvgIpc) is 2.34. The lowest BCUT2D eigenvalue weighted by atomic mass is 10.1. The number of hydrogen-bond acceptors (Lipinski definition) is 4. The van der Waals surface area contributed by atoms with Crippen molar-refractivity contribution < 1.29 is 18.3 Å². The first kappa shape index (κ1) is 17.1. The Balaban J connectivity index is 2.64. The van der Waals surface area contributed by atoms with Crippen molar-refractivity contribution in [2.24, 2.45) is 5.92 Å². The molecule has 7 heteroatoms. The third-order valence-corrected chi connectivity index (χ3v) is 5.10. The van der Waals surface area contributed by atoms with Crippen LogP contribution in [0.15, 0.2) is 33.6 Å². The standard InChI is InChI=1S/C13H18BrNO4S/c1-9(2)12(13(16)17)15-7-8-20(18,19)11-5-3-10(14)4-6-11/h3-6,9,12,15H,7-8H2,1-2H3,(H,16,17). The van der Waals surface area contributed by atoms with Gasteiger partial charge in [0.15, 0.2) is 9.84 Å². The summed E-state index contributed by atoms with van der Waals surface area (Å²) < 4.78 is 24.9. The Morgan fingerprint density at radius 1 is 1.30 bits per heavy atom. The number of carbonyl (C=O) groups is 1. The Kier molecular flexibility index (Phi) is 6.16. The maximum absolute atomic E-state index is 12.1. The van der Waals surface area contributed by atoms with Crippen LogP contribution in [-0.4, -0.2) is 37.8 Å². The van der Waals surface area contributed by atoms with Gasteiger partial charge in [-0.05, 0) is 30.2 Å². The van der Waals surface area contributed by atoms with Crippen LogP contribution in [-0.2, 0) is 14.6 Å². The summed E-state index contributed by atoms with van der Waals surface area (Å²) in [6.07, 6.45) is 0. The van der Waals surface area contributed by atoms with Crippen molar-refractivity contribution in [3.05, 3.63) is 28.7 Å². The first-order valence-electron chi connectivity index (χ1n) is 6.18. The van der Waals surface area contributed by atoms with Gasteiger partial charge in [-0.25, -0.2) is 8.42 Å². The van der Waals surface area contributed by atoms with Gasteiger partial charge in [-0.3, -0.25) is 4.79 Å². The molecule has 0 saturated carbocycles. The molecule has 0 bridgehead atoms. The molecule has 1 atom stereocenters. The van der Waals surface area contributed by atoms with Gasteiger partial charge in [-0.2, -0.15) is 0 Å². The van der Waals surface area contributed by atoms with E-state index < -0.39 is 21.8 Å². The van der Waals surface area contributed by atoms with E-state index in [9.17, 15) is 13.2 Å². The molecule has 1 aromatic carbocycles. The number of aliphatic carboxylic acids is 1. The lowest BCUT2D eigenvalue weighted by molar-refractivity contribution is -0.140. The molecule has 0 aliphatic carbocycles. The molecular formula is C13H18BrNO4S. The number of carboxylic acid groups (broad SMARTS) is 1. The van der Waals surface area contributed by atoms with Crippen LogP contribution in [0.2, 0.25) is 0 Å². The molecule has 1 rings (SSSR count). The molecule has 0 fully saturated rings. The molecule has 2 N–H and O–H groups in total. The highest BCUT2D eigenvalue weighted by atomic mass is 79.9. The number of carboxylic acids is 1. The molecule has 112 valence electrons. The van der Waals surface area contributed by atoms with E-state index in [4.69, 9.17) is 5.11 Å². The van der Waals surface area contributed by atoms with Crippen LogP contribution in [0.5, 0.6) is 0 Å². The van der Waals surface area contributed by atoms with Crippen LogP contribution >= 0.6 is 15.9 Å². The minimum absolute atomic E-state index is 0.105. The van der Waals surface area contributed by atoms with Crippen LogP contribution in [0.4, 0.5) is 0 Å². The molecule has 0 aromatic heterocycles. The predicted octanol–water partition coefficient (Wildman–Crippen LogP) is 1.92. The summed E-state index contributed by atoms with van der Waals surface area (Å²) in [5.74, 6) is -1.21. The van der Waals surface area contributed by atoms with Gasteiger partial charge in [0.05, 0.1) is 10.6 Å². The highest BCUT2D eigenvalue weighted by molar-refractivity contribution is 9.10. The monoisotopic (exact) mass is 363 g/mol. The second kappa shape index (κ2) is 7.19. The van der Waals surface area contributed by atoms with Crippen molar-refractivity contribution in [1.29, 1.82) is 0 Å². The van der Waals surface area contributed by atoms with Crippen molar-refractivity contribution in [2.45, 2.75) is 24.8 Å². The van der Waals surface area contributed by atoms with E-state index in [0.717, 1.165) is 4.47 Å². The second-order valence-electron chi connectivity index (χ2n) is 4.79. The van der Waals surface area contributed by atoms with Crippen LogP contribution in [0.3, 0.4) is 0 Å². The highest BCUT2D eigenvalue weighted by Crippen LogP contribution is 2.15. The van der Waals surface area contributed by atoms with E-state index in [2.05, 4.69) is 21.2 Å². The number of hydrogen-bond donors (Lipinski definition) is 2. The Morgan fingerprint density at radius 2 is 1.85 bits per heavy atom. The predicted molar refractivity (Wildman–Crippen MR) is 80.5 cm³/mol. The minimum Gasteiger partial charge on any atom is -0.480 e. The van der Waals surface area contributed by atoms with Crippen LogP contribution in [0.25, 0.3) is 0 Å². The number of sulfone groups is 1. The van der Waals surface area contributed by atoms with Crippen LogP contribution in [0.1, 0.15) is 13.8 Å². The maximum Gasteiger partial charge on any atom is 0.320 e. The second-order valence-corrected chi connectivity index (χ2v) is 7.81. The summed E-state index contributed by atoms with van der Waals surface area (Å²) >= 11 is 3.24. The summed E-state index contributed by atoms with van der Waals surface area (Å²) in [6.45, 7) is 3.65. The molecule has 0 heterocycles. The molecule has 0 spiro atoms. The summed E-state index contributed by atoms with van der Waals surface area (Å²) in [4.78, 5) is 11.2. The third-order valence-electron chi connectivity index (χ3n) is 2.84. The summed E-state index contributed by atoms with van der Waals surface area (Å²) in [6, 6.07) is 5.63. The van der Waals surface area contributed by atoms with Gasteiger partial charge in [0.25, 0.3) is 0 Å². The van der Waals surface area contributed by atoms with Gasteiger partial charge < -0.3 is 10.4 Å². The first-order chi connectivity index (χ1) is 9.24. The zero-order chi connectivity index (χ0) is 15.3. The zero-order valence-corrected chi connectivity index (χ0v) is 13.7. The van der Waals surface area contributed by atoms with Crippen LogP contribution in [0, 0.1) is 5.92 Å². The van der Waals surface area contributed by atoms with Crippen molar-refractivity contribution >= 4 is 31.7 Å². The first-order valence-corrected chi connectivity index (χ1v) is 8.63. The van der Waals surface area contributed by atoms with Gasteiger partial charge in [-0.15, -0.1) is 0 Å². The Labute approximate surface area is 127 Å². The van der Waals surface area contributed by atoms with E-state index >= 15 is 0 Å². The highest BCUT2D eigenvalue weighted by Gasteiger charge is 2.22. The molecule has 1 aromatic rings. The lowest BCUT2D eigenvalue weighted by Crippen LogP contribution is -2.42. The average molecular weight is 364 g/mol. The van der Waals surface area contributed by atoms with Crippen molar-refractivity contribution in [3.8, 4) is 0 Å². The van der Waals surface area contributed by atoms with Crippen molar-refractivity contribution in [3.63, 3.8) is 0 Å². The minimum atomic E-state index is -3.40. The Hall–Kier alpha value is -0.920. The van der Waals surface area contributed by atoms with Gasteiger partial charge in [-0.1, -0.05) is 29.8 Å². The molecule has 0 amide bonds. The molecule has 0 radical (unpaired) electrons. The summed E-state index contributed by atoms with van der Waals surface area (Å²) in [5, 5.41) is 11.8. The fourth-order valence-electron chi connectivity index (χ4n) is 1.72. The maximum atomic E-state index is 12.1. The molecule has 5 nitrogen and oxygen atoms in total. The smallest absolute Gasteiger partial charge is 0.320 e. The Bertz CT molecular complexity index is 554. The van der Waals surface area contributed by atoms with E-state index in [1.54, 1.807) is 26.0 Å². The fourth-order valence-corrected chi connectivity index (χ4v) is 3.15. The van der Waals surface area contributed by atoms with Crippen LogP contribution < -0.4 is 5.32 Å². The summed E-state index contributed by atoms with van der Waals surface area (Å²) in [7, 11) is -3.40. The quantitative estimate of drug-likeness (QED) is 0.772. The van der Waals surface area contributed by atoms with Crippen molar-refractivity contribution in [1.82, 2.24) is 5.32 Å². The van der Waals surface area contributed by atoms with E-state index in [1.807, 2.05) is 0 Å². The van der Waals surface area contributed by atoms with E-state index in [-0.39, 0.29) is 23.1 Å². The topological polar surface area (TPSA) is 83.5 Å². The number of rotatable bonds is 7. The largest absolute Gasteiger partial charge is 0.480 e. The SMILES string of the molecule is CC(C)C(NCCS(=O)(=O)c1ccc(Br)cc1)C(=O)O. The lowest BCUT2D eigenvalue weighted by Gasteiger charge is -2.17. The van der Waals surface area contributed by atoms with Gasteiger partial charge in [0.1, 0.15) is 6.04 Å². The Morgan fingerprint density at radius 3 is 2.30 bits per heavy atom.